The summed E-state index contributed by atoms with van der Waals surface area (Å²) in [7, 11) is -4.11. The van der Waals surface area contributed by atoms with Gasteiger partial charge in [-0.15, -0.1) is 0 Å². The molecule has 1 aliphatic rings. The lowest BCUT2D eigenvalue weighted by Gasteiger charge is -2.12. The third-order valence-electron chi connectivity index (χ3n) is 3.46. The van der Waals surface area contributed by atoms with Crippen molar-refractivity contribution in [2.75, 3.05) is 6.79 Å². The fraction of sp³-hybridized carbons (Fsp3) is 0.200. The van der Waals surface area contributed by atoms with Crippen molar-refractivity contribution in [2.24, 2.45) is 0 Å². The third-order valence-corrected chi connectivity index (χ3v) is 5.55. The van der Waals surface area contributed by atoms with Gasteiger partial charge in [0.15, 0.2) is 11.5 Å². The molecule has 0 bridgehead atoms. The van der Waals surface area contributed by atoms with Crippen LogP contribution >= 0.6 is 15.9 Å². The van der Waals surface area contributed by atoms with E-state index < -0.39 is 26.7 Å². The monoisotopic (exact) mass is 437 g/mol. The van der Waals surface area contributed by atoms with Crippen LogP contribution in [0, 0.1) is 0 Å². The molecule has 0 aromatic heterocycles. The van der Waals surface area contributed by atoms with Gasteiger partial charge in [-0.05, 0) is 35.9 Å². The SMILES string of the molecule is O=S(=O)(NCc1ccc2c(c1)OCO2)c1ccc(Br)c(C(F)(F)F)c1. The zero-order chi connectivity index (χ0) is 18.2. The van der Waals surface area contributed by atoms with Gasteiger partial charge < -0.3 is 9.47 Å². The van der Waals surface area contributed by atoms with Crippen LogP contribution < -0.4 is 14.2 Å². The summed E-state index contributed by atoms with van der Waals surface area (Å²) in [5.74, 6) is 1.04. The second-order valence-electron chi connectivity index (χ2n) is 5.15. The molecule has 1 N–H and O–H groups in total. The molecule has 2 aromatic carbocycles. The molecule has 0 aliphatic carbocycles. The van der Waals surface area contributed by atoms with E-state index in [1.807, 2.05) is 0 Å². The molecule has 5 nitrogen and oxygen atoms in total. The van der Waals surface area contributed by atoms with Crippen LogP contribution in [0.4, 0.5) is 13.2 Å². The highest BCUT2D eigenvalue weighted by molar-refractivity contribution is 9.10. The normalized spacial score (nSPS) is 13.9. The molecular formula is C15H11BrF3NO4S. The second kappa shape index (κ2) is 6.50. The smallest absolute Gasteiger partial charge is 0.417 e. The fourth-order valence-electron chi connectivity index (χ4n) is 2.20. The molecular weight excluding hydrogens is 427 g/mol. The number of ether oxygens (including phenoxy) is 2. The highest BCUT2D eigenvalue weighted by Gasteiger charge is 2.34. The van der Waals surface area contributed by atoms with Crippen molar-refractivity contribution in [1.29, 1.82) is 0 Å². The molecule has 0 saturated carbocycles. The third kappa shape index (κ3) is 3.91. The van der Waals surface area contributed by atoms with E-state index in [0.29, 0.717) is 23.1 Å². The molecule has 1 aliphatic heterocycles. The van der Waals surface area contributed by atoms with Crippen molar-refractivity contribution in [2.45, 2.75) is 17.6 Å². The average Bonchev–Trinajstić information content (AvgIpc) is 2.99. The minimum absolute atomic E-state index is 0.0869. The van der Waals surface area contributed by atoms with Crippen molar-refractivity contribution in [3.63, 3.8) is 0 Å². The highest BCUT2D eigenvalue weighted by atomic mass is 79.9. The van der Waals surface area contributed by atoms with Crippen LogP contribution in [-0.4, -0.2) is 15.2 Å². The summed E-state index contributed by atoms with van der Waals surface area (Å²) in [6.45, 7) is -0.0139. The van der Waals surface area contributed by atoms with E-state index in [-0.39, 0.29) is 17.8 Å². The largest absolute Gasteiger partial charge is 0.454 e. The summed E-state index contributed by atoms with van der Waals surface area (Å²) in [5.41, 5.74) is -0.473. The lowest BCUT2D eigenvalue weighted by Crippen LogP contribution is -2.23. The average molecular weight is 438 g/mol. The number of hydrogen-bond donors (Lipinski definition) is 1. The van der Waals surface area contributed by atoms with Crippen LogP contribution in [0.3, 0.4) is 0 Å². The number of fused-ring (bicyclic) bond motifs is 1. The lowest BCUT2D eigenvalue weighted by atomic mass is 10.2. The Labute approximate surface area is 149 Å². The van der Waals surface area contributed by atoms with Crippen molar-refractivity contribution < 1.29 is 31.1 Å². The maximum atomic E-state index is 12.9. The van der Waals surface area contributed by atoms with E-state index in [9.17, 15) is 21.6 Å². The Morgan fingerprint density at radius 3 is 2.52 bits per heavy atom. The predicted molar refractivity (Wildman–Crippen MR) is 85.7 cm³/mol. The quantitative estimate of drug-likeness (QED) is 0.792. The molecule has 2 aromatic rings. The maximum Gasteiger partial charge on any atom is 0.417 e. The molecule has 134 valence electrons. The van der Waals surface area contributed by atoms with Gasteiger partial charge in [-0.2, -0.15) is 13.2 Å². The van der Waals surface area contributed by atoms with Crippen LogP contribution in [0.25, 0.3) is 0 Å². The first kappa shape index (κ1) is 18.0. The minimum Gasteiger partial charge on any atom is -0.454 e. The zero-order valence-corrected chi connectivity index (χ0v) is 14.8. The number of benzene rings is 2. The molecule has 0 unspecified atom stereocenters. The van der Waals surface area contributed by atoms with Crippen molar-refractivity contribution in [3.05, 3.63) is 52.0 Å². The Morgan fingerprint density at radius 1 is 1.08 bits per heavy atom. The van der Waals surface area contributed by atoms with Crippen molar-refractivity contribution >= 4 is 26.0 Å². The first-order valence-electron chi connectivity index (χ1n) is 6.92. The summed E-state index contributed by atoms with van der Waals surface area (Å²) in [6, 6.07) is 7.62. The predicted octanol–water partition coefficient (Wildman–Crippen LogP) is 3.68. The van der Waals surface area contributed by atoms with Gasteiger partial charge in [0.2, 0.25) is 16.8 Å². The number of alkyl halides is 3. The second-order valence-corrected chi connectivity index (χ2v) is 7.77. The first-order valence-corrected chi connectivity index (χ1v) is 9.19. The highest BCUT2D eigenvalue weighted by Crippen LogP contribution is 2.36. The van der Waals surface area contributed by atoms with Crippen LogP contribution in [-0.2, 0) is 22.7 Å². The van der Waals surface area contributed by atoms with E-state index >= 15 is 0 Å². The van der Waals surface area contributed by atoms with Gasteiger partial charge >= 0.3 is 6.18 Å². The number of rotatable bonds is 4. The Kier molecular flexibility index (Phi) is 4.69. The van der Waals surface area contributed by atoms with Crippen LogP contribution in [0.2, 0.25) is 0 Å². The Bertz CT molecular complexity index is 915. The van der Waals surface area contributed by atoms with E-state index in [4.69, 9.17) is 9.47 Å². The first-order chi connectivity index (χ1) is 11.7. The van der Waals surface area contributed by atoms with Gasteiger partial charge in [0.25, 0.3) is 0 Å². The number of sulfonamides is 1. The van der Waals surface area contributed by atoms with Crippen molar-refractivity contribution in [1.82, 2.24) is 4.72 Å². The van der Waals surface area contributed by atoms with Gasteiger partial charge in [0.05, 0.1) is 10.5 Å². The Balaban J connectivity index is 1.80. The fourth-order valence-corrected chi connectivity index (χ4v) is 3.72. The number of nitrogens with one attached hydrogen (secondary N) is 1. The van der Waals surface area contributed by atoms with Crippen molar-refractivity contribution in [3.8, 4) is 11.5 Å². The number of hydrogen-bond acceptors (Lipinski definition) is 4. The standard InChI is InChI=1S/C15H11BrF3NO4S/c16-12-3-2-10(6-11(12)15(17,18)19)25(21,22)20-7-9-1-4-13-14(5-9)24-8-23-13/h1-6,20H,7-8H2. The molecule has 25 heavy (non-hydrogen) atoms. The molecule has 0 spiro atoms. The van der Waals surface area contributed by atoms with Gasteiger partial charge in [0.1, 0.15) is 0 Å². The van der Waals surface area contributed by atoms with E-state index in [1.54, 1.807) is 18.2 Å². The van der Waals surface area contributed by atoms with E-state index in [1.165, 1.54) is 0 Å². The summed E-state index contributed by atoms with van der Waals surface area (Å²) in [5, 5.41) is 0. The lowest BCUT2D eigenvalue weighted by molar-refractivity contribution is -0.138. The van der Waals surface area contributed by atoms with E-state index in [2.05, 4.69) is 20.7 Å². The van der Waals surface area contributed by atoms with Crippen LogP contribution in [0.5, 0.6) is 11.5 Å². The van der Waals surface area contributed by atoms with Crippen LogP contribution in [0.15, 0.2) is 45.8 Å². The van der Waals surface area contributed by atoms with E-state index in [0.717, 1.165) is 12.1 Å². The Hall–Kier alpha value is -1.78. The molecule has 0 saturated heterocycles. The molecule has 0 radical (unpaired) electrons. The van der Waals surface area contributed by atoms with Gasteiger partial charge in [-0.25, -0.2) is 13.1 Å². The summed E-state index contributed by atoms with van der Waals surface area (Å²) in [6.07, 6.45) is -4.66. The van der Waals surface area contributed by atoms with Crippen LogP contribution in [0.1, 0.15) is 11.1 Å². The number of halogens is 4. The molecule has 1 heterocycles. The van der Waals surface area contributed by atoms with Gasteiger partial charge in [0, 0.05) is 11.0 Å². The molecule has 3 rings (SSSR count). The maximum absolute atomic E-state index is 12.9. The van der Waals surface area contributed by atoms with Gasteiger partial charge in [-0.3, -0.25) is 0 Å². The molecule has 0 amide bonds. The summed E-state index contributed by atoms with van der Waals surface area (Å²) >= 11 is 2.78. The zero-order valence-electron chi connectivity index (χ0n) is 12.4. The molecule has 10 heteroatoms. The molecule has 0 atom stereocenters. The Morgan fingerprint density at radius 2 is 1.80 bits per heavy atom. The topological polar surface area (TPSA) is 64.6 Å². The minimum atomic E-state index is -4.66. The summed E-state index contributed by atoms with van der Waals surface area (Å²) in [4.78, 5) is -0.469. The van der Waals surface area contributed by atoms with Gasteiger partial charge in [-0.1, -0.05) is 22.0 Å². The summed E-state index contributed by atoms with van der Waals surface area (Å²) < 4.78 is 75.7. The molecule has 0 fully saturated rings.